The molecule has 33 heavy (non-hydrogen) atoms. The van der Waals surface area contributed by atoms with Gasteiger partial charge in [0.05, 0.1) is 23.7 Å². The van der Waals surface area contributed by atoms with Crippen molar-refractivity contribution in [3.05, 3.63) is 40.7 Å². The van der Waals surface area contributed by atoms with Crippen LogP contribution in [0.2, 0.25) is 0 Å². The van der Waals surface area contributed by atoms with Crippen molar-refractivity contribution in [3.8, 4) is 11.5 Å². The van der Waals surface area contributed by atoms with Crippen LogP contribution in [0, 0.1) is 0 Å². The highest BCUT2D eigenvalue weighted by atomic mass is 16.5. The van der Waals surface area contributed by atoms with Gasteiger partial charge in [0.2, 0.25) is 5.95 Å². The summed E-state index contributed by atoms with van der Waals surface area (Å²) in [5, 5.41) is 5.42. The van der Waals surface area contributed by atoms with Crippen LogP contribution in [-0.4, -0.2) is 51.1 Å². The first kappa shape index (κ1) is 23.4. The van der Waals surface area contributed by atoms with Crippen molar-refractivity contribution in [1.82, 2.24) is 24.8 Å². The van der Waals surface area contributed by atoms with Crippen LogP contribution in [0.3, 0.4) is 0 Å². The number of rotatable bonds is 8. The molecule has 3 rings (SSSR count). The van der Waals surface area contributed by atoms with Gasteiger partial charge < -0.3 is 20.5 Å². The van der Waals surface area contributed by atoms with Gasteiger partial charge in [-0.1, -0.05) is 0 Å². The number of fused-ring (bicyclic) bond motifs is 1. The normalized spacial score (nSPS) is 10.8. The summed E-state index contributed by atoms with van der Waals surface area (Å²) >= 11 is 0. The number of anilines is 2. The fourth-order valence-electron chi connectivity index (χ4n) is 3.17. The maximum absolute atomic E-state index is 13.2. The second-order valence-corrected chi connectivity index (χ2v) is 7.30. The number of methoxy groups -OCH3 is 1. The van der Waals surface area contributed by atoms with Gasteiger partial charge in [-0.2, -0.15) is 0 Å². The molecule has 0 spiro atoms. The third-order valence-electron chi connectivity index (χ3n) is 4.56. The number of nitrogens with one attached hydrogen (secondary N) is 2. The Bertz CT molecular complexity index is 1240. The maximum atomic E-state index is 13.2. The van der Waals surface area contributed by atoms with Crippen molar-refractivity contribution in [2.75, 3.05) is 24.8 Å². The van der Waals surface area contributed by atoms with Crippen molar-refractivity contribution < 1.29 is 19.1 Å². The monoisotopic (exact) mass is 455 g/mol. The van der Waals surface area contributed by atoms with Crippen molar-refractivity contribution in [1.29, 1.82) is 0 Å². The van der Waals surface area contributed by atoms with E-state index < -0.39 is 11.5 Å². The number of benzene rings is 1. The van der Waals surface area contributed by atoms with Crippen molar-refractivity contribution >= 4 is 34.4 Å². The van der Waals surface area contributed by atoms with Gasteiger partial charge in [0.25, 0.3) is 17.4 Å². The van der Waals surface area contributed by atoms with Gasteiger partial charge >= 0.3 is 0 Å². The van der Waals surface area contributed by atoms with E-state index in [1.54, 1.807) is 6.92 Å². The predicted molar refractivity (Wildman–Crippen MR) is 121 cm³/mol. The summed E-state index contributed by atoms with van der Waals surface area (Å²) in [6, 6.07) is 1.35. The molecular weight excluding hydrogens is 430 g/mol. The van der Waals surface area contributed by atoms with Crippen LogP contribution in [-0.2, 0) is 11.3 Å². The molecule has 12 nitrogen and oxygen atoms in total. The Balaban J connectivity index is 2.09. The Hall–Kier alpha value is -4.22. The number of aromatic nitrogens is 4. The van der Waals surface area contributed by atoms with E-state index in [2.05, 4.69) is 25.6 Å². The molecule has 174 valence electrons. The van der Waals surface area contributed by atoms with Gasteiger partial charge in [-0.15, -0.1) is 0 Å². The Morgan fingerprint density at radius 3 is 2.55 bits per heavy atom. The predicted octanol–water partition coefficient (Wildman–Crippen LogP) is 0.953. The quantitative estimate of drug-likeness (QED) is 0.420. The molecule has 0 radical (unpaired) electrons. The standard InChI is InChI=1S/C21H25N7O5/c1-5-28-20(31)16-13(22)6-14(33-9-15(29)25-11(2)3)18(32-4)17(16)26-21(28)27-19(30)12-7-23-10-24-8-12/h6-8,10-11H,5,9,22H2,1-4H3,(H,25,29)(H,26,27,30). The molecule has 2 heterocycles. The molecule has 0 aliphatic heterocycles. The van der Waals surface area contributed by atoms with Gasteiger partial charge in [0.15, 0.2) is 18.1 Å². The number of nitrogens with two attached hydrogens (primary N) is 1. The maximum Gasteiger partial charge on any atom is 0.265 e. The van der Waals surface area contributed by atoms with E-state index in [0.717, 1.165) is 0 Å². The summed E-state index contributed by atoms with van der Waals surface area (Å²) in [5.74, 6) is -0.658. The lowest BCUT2D eigenvalue weighted by Crippen LogP contribution is -2.34. The molecule has 12 heteroatoms. The molecule has 4 N–H and O–H groups in total. The Kier molecular flexibility index (Phi) is 7.06. The van der Waals surface area contributed by atoms with E-state index in [1.165, 1.54) is 36.5 Å². The van der Waals surface area contributed by atoms with Gasteiger partial charge in [0, 0.05) is 31.0 Å². The third-order valence-corrected chi connectivity index (χ3v) is 4.56. The lowest BCUT2D eigenvalue weighted by molar-refractivity contribution is -0.123. The zero-order valence-electron chi connectivity index (χ0n) is 18.7. The Morgan fingerprint density at radius 2 is 1.94 bits per heavy atom. The van der Waals surface area contributed by atoms with Gasteiger partial charge in [-0.3, -0.25) is 24.3 Å². The summed E-state index contributed by atoms with van der Waals surface area (Å²) in [7, 11) is 1.37. The van der Waals surface area contributed by atoms with Gasteiger partial charge in [-0.05, 0) is 20.8 Å². The van der Waals surface area contributed by atoms with Gasteiger partial charge in [-0.25, -0.2) is 15.0 Å². The SMILES string of the molecule is CCn1c(NC(=O)c2cncnc2)nc2c(OC)c(OCC(=O)NC(C)C)cc(N)c2c1=O. The van der Waals surface area contributed by atoms with Crippen LogP contribution in [0.1, 0.15) is 31.1 Å². The van der Waals surface area contributed by atoms with Crippen LogP contribution in [0.4, 0.5) is 11.6 Å². The first-order valence-electron chi connectivity index (χ1n) is 10.2. The number of carbonyl (C=O) groups is 2. The first-order valence-corrected chi connectivity index (χ1v) is 10.2. The van der Waals surface area contributed by atoms with E-state index >= 15 is 0 Å². The van der Waals surface area contributed by atoms with Crippen molar-refractivity contribution in [3.63, 3.8) is 0 Å². The van der Waals surface area contributed by atoms with Crippen LogP contribution in [0.5, 0.6) is 11.5 Å². The number of hydrogen-bond donors (Lipinski definition) is 3. The largest absolute Gasteiger partial charge is 0.491 e. The molecular formula is C21H25N7O5. The summed E-state index contributed by atoms with van der Waals surface area (Å²) in [5.41, 5.74) is 6.05. The molecule has 0 unspecified atom stereocenters. The van der Waals surface area contributed by atoms with Crippen LogP contribution >= 0.6 is 0 Å². The number of hydrogen-bond acceptors (Lipinski definition) is 9. The highest BCUT2D eigenvalue weighted by molar-refractivity contribution is 6.04. The fraction of sp³-hybridized carbons (Fsp3) is 0.333. The fourth-order valence-corrected chi connectivity index (χ4v) is 3.17. The van der Waals surface area contributed by atoms with E-state index in [9.17, 15) is 14.4 Å². The summed E-state index contributed by atoms with van der Waals surface area (Å²) in [6.45, 7) is 5.31. The second kappa shape index (κ2) is 9.94. The molecule has 0 saturated heterocycles. The number of nitrogen functional groups attached to an aromatic ring is 1. The highest BCUT2D eigenvalue weighted by Crippen LogP contribution is 2.37. The smallest absolute Gasteiger partial charge is 0.265 e. The summed E-state index contributed by atoms with van der Waals surface area (Å²) < 4.78 is 12.3. The van der Waals surface area contributed by atoms with E-state index in [0.29, 0.717) is 0 Å². The van der Waals surface area contributed by atoms with Crippen molar-refractivity contribution in [2.24, 2.45) is 0 Å². The average Bonchev–Trinajstić information content (AvgIpc) is 2.77. The molecule has 0 atom stereocenters. The van der Waals surface area contributed by atoms with Crippen molar-refractivity contribution in [2.45, 2.75) is 33.4 Å². The number of ether oxygens (including phenoxy) is 2. The summed E-state index contributed by atoms with van der Waals surface area (Å²) in [6.07, 6.45) is 3.97. The summed E-state index contributed by atoms with van der Waals surface area (Å²) in [4.78, 5) is 49.9. The number of amides is 2. The van der Waals surface area contributed by atoms with Crippen LogP contribution in [0.25, 0.3) is 10.9 Å². The lowest BCUT2D eigenvalue weighted by Gasteiger charge is -2.17. The Labute approximate surface area is 189 Å². The minimum Gasteiger partial charge on any atom is -0.491 e. The molecule has 0 aliphatic rings. The number of nitrogens with zero attached hydrogens (tertiary/aromatic N) is 4. The second-order valence-electron chi connectivity index (χ2n) is 7.30. The molecule has 0 aliphatic carbocycles. The first-order chi connectivity index (χ1) is 15.8. The molecule has 1 aromatic carbocycles. The zero-order chi connectivity index (χ0) is 24.1. The molecule has 2 aromatic heterocycles. The Morgan fingerprint density at radius 1 is 1.24 bits per heavy atom. The van der Waals surface area contributed by atoms with Crippen LogP contribution < -0.4 is 31.4 Å². The minimum absolute atomic E-state index is 0.0174. The van der Waals surface area contributed by atoms with E-state index in [-0.39, 0.29) is 64.7 Å². The molecule has 3 aromatic rings. The zero-order valence-corrected chi connectivity index (χ0v) is 18.7. The third kappa shape index (κ3) is 5.00. The molecule has 2 amide bonds. The van der Waals surface area contributed by atoms with Crippen LogP contribution in [0.15, 0.2) is 29.6 Å². The molecule has 0 bridgehead atoms. The van der Waals surface area contributed by atoms with E-state index in [1.807, 2.05) is 13.8 Å². The molecule has 0 saturated carbocycles. The highest BCUT2D eigenvalue weighted by Gasteiger charge is 2.22. The topological polar surface area (TPSA) is 163 Å². The molecule has 0 fully saturated rings. The van der Waals surface area contributed by atoms with Gasteiger partial charge in [0.1, 0.15) is 11.8 Å². The lowest BCUT2D eigenvalue weighted by atomic mass is 10.1. The number of carbonyl (C=O) groups excluding carboxylic acids is 2. The minimum atomic E-state index is -0.547. The van der Waals surface area contributed by atoms with E-state index in [4.69, 9.17) is 15.2 Å². The average molecular weight is 455 g/mol.